The summed E-state index contributed by atoms with van der Waals surface area (Å²) < 4.78 is 81.4. The Labute approximate surface area is 275 Å². The first-order valence-corrected chi connectivity index (χ1v) is 18.1. The van der Waals surface area contributed by atoms with Crippen LogP contribution in [0.1, 0.15) is 106 Å². The molecule has 4 rings (SSSR count). The van der Waals surface area contributed by atoms with Gasteiger partial charge in [-0.1, -0.05) is 20.8 Å². The molecule has 268 valence electrons. The molecule has 0 aromatic rings. The summed E-state index contributed by atoms with van der Waals surface area (Å²) in [6, 6.07) is 0. The number of hydrogen-bond acceptors (Lipinski definition) is 10. The number of ether oxygens (including phenoxy) is 4. The largest absolute Gasteiger partial charge is 0.463 e. The van der Waals surface area contributed by atoms with Gasteiger partial charge < -0.3 is 18.9 Å². The van der Waals surface area contributed by atoms with Gasteiger partial charge in [0, 0.05) is 38.5 Å². The molecule has 0 heterocycles. The zero-order valence-electron chi connectivity index (χ0n) is 28.3. The molecule has 12 atom stereocenters. The first kappa shape index (κ1) is 37.5. The minimum absolute atomic E-state index is 0.00656. The minimum atomic E-state index is -5.77. The molecule has 0 saturated heterocycles. The molecule has 0 aromatic heterocycles. The van der Waals surface area contributed by atoms with Crippen LogP contribution in [-0.2, 0) is 48.2 Å². The lowest BCUT2D eigenvalue weighted by molar-refractivity contribution is -0.224. The van der Waals surface area contributed by atoms with E-state index < -0.39 is 44.9 Å². The average Bonchev–Trinajstić information content (AvgIpc) is 3.29. The van der Waals surface area contributed by atoms with Gasteiger partial charge in [0.2, 0.25) is 0 Å². The quantitative estimate of drug-likeness (QED) is 0.175. The molecule has 12 unspecified atom stereocenters. The maximum atomic E-state index is 14.0. The molecule has 47 heavy (non-hydrogen) atoms. The van der Waals surface area contributed by atoms with E-state index in [0.717, 1.165) is 25.7 Å². The SMILES string of the molecule is CC(=O)OC1CCC2(C)C(C1)CC(OC(C)=O)C1C2CC(OC(C)=O)C2(C)C(C(C)CCC(=O)OC(C)C(F)(F)S(=O)(=O)O)CCC12. The zero-order chi connectivity index (χ0) is 35.3. The topological polar surface area (TPSA) is 160 Å². The van der Waals surface area contributed by atoms with Gasteiger partial charge in [-0.2, -0.15) is 17.2 Å². The summed E-state index contributed by atoms with van der Waals surface area (Å²) >= 11 is 0. The molecular weight excluding hydrogens is 642 g/mol. The molecule has 14 heteroatoms. The summed E-state index contributed by atoms with van der Waals surface area (Å²) in [4.78, 5) is 49.3. The van der Waals surface area contributed by atoms with Crippen molar-refractivity contribution in [2.75, 3.05) is 0 Å². The van der Waals surface area contributed by atoms with Gasteiger partial charge in [0.05, 0.1) is 0 Å². The fourth-order valence-corrected chi connectivity index (χ4v) is 10.7. The average molecular weight is 693 g/mol. The van der Waals surface area contributed by atoms with E-state index in [2.05, 4.69) is 13.8 Å². The number of carbonyl (C=O) groups excluding carboxylic acids is 4. The smallest absolute Gasteiger partial charge is 0.405 e. The van der Waals surface area contributed by atoms with Gasteiger partial charge in [-0.05, 0) is 93.3 Å². The van der Waals surface area contributed by atoms with Crippen LogP contribution in [0.3, 0.4) is 0 Å². The Kier molecular flexibility index (Phi) is 10.8. The van der Waals surface area contributed by atoms with Crippen LogP contribution in [0, 0.1) is 46.3 Å². The van der Waals surface area contributed by atoms with E-state index in [0.29, 0.717) is 26.2 Å². The van der Waals surface area contributed by atoms with E-state index in [9.17, 15) is 36.4 Å². The molecule has 0 amide bonds. The number of carbonyl (C=O) groups is 4. The van der Waals surface area contributed by atoms with E-state index >= 15 is 0 Å². The lowest BCUT2D eigenvalue weighted by atomic mass is 9.43. The molecule has 4 fully saturated rings. The maximum absolute atomic E-state index is 14.0. The van der Waals surface area contributed by atoms with E-state index in [4.69, 9.17) is 23.5 Å². The standard InChI is InChI=1S/C33H50F2O11S/c1-17(8-11-29(39)43-18(2)33(34,35)47(40,41)42)24-9-10-25-30-26(16-28(32(24,25)7)46-21(5)38)31(6)13-12-23(44-19(3)36)14-22(31)15-27(30)45-20(4)37/h17-18,22-28,30H,8-16H2,1-7H3,(H,40,41,42). The van der Waals surface area contributed by atoms with Crippen molar-refractivity contribution in [3.8, 4) is 0 Å². The Hall–Kier alpha value is -2.35. The van der Waals surface area contributed by atoms with Crippen molar-refractivity contribution in [2.24, 2.45) is 46.3 Å². The van der Waals surface area contributed by atoms with Crippen LogP contribution in [0.15, 0.2) is 0 Å². The molecule has 0 aromatic carbocycles. The number of fused-ring (bicyclic) bond motifs is 5. The molecule has 4 saturated carbocycles. The van der Waals surface area contributed by atoms with E-state index in [1.165, 1.54) is 20.8 Å². The maximum Gasteiger partial charge on any atom is 0.405 e. The number of halogens is 2. The highest BCUT2D eigenvalue weighted by molar-refractivity contribution is 7.86. The van der Waals surface area contributed by atoms with Crippen molar-refractivity contribution in [3.63, 3.8) is 0 Å². The second-order valence-corrected chi connectivity index (χ2v) is 16.4. The Bertz CT molecular complexity index is 1340. The number of alkyl halides is 2. The molecule has 1 N–H and O–H groups in total. The van der Waals surface area contributed by atoms with Gasteiger partial charge in [-0.15, -0.1) is 0 Å². The first-order chi connectivity index (χ1) is 21.6. The molecule has 0 aliphatic heterocycles. The fraction of sp³-hybridized carbons (Fsp3) is 0.879. The number of esters is 4. The Morgan fingerprint density at radius 2 is 1.51 bits per heavy atom. The molecule has 11 nitrogen and oxygen atoms in total. The van der Waals surface area contributed by atoms with Crippen molar-refractivity contribution in [2.45, 2.75) is 136 Å². The normalized spacial score (nSPS) is 38.1. The van der Waals surface area contributed by atoms with Crippen LogP contribution in [-0.4, -0.2) is 66.5 Å². The van der Waals surface area contributed by atoms with E-state index in [1.807, 2.05) is 6.92 Å². The lowest BCUT2D eigenvalue weighted by Gasteiger charge is -2.64. The van der Waals surface area contributed by atoms with Crippen molar-refractivity contribution < 1.29 is 59.9 Å². The second-order valence-electron chi connectivity index (χ2n) is 15.0. The highest BCUT2D eigenvalue weighted by atomic mass is 32.2. The third-order valence-electron chi connectivity index (χ3n) is 12.3. The second kappa shape index (κ2) is 13.5. The molecule has 0 radical (unpaired) electrons. The highest BCUT2D eigenvalue weighted by Gasteiger charge is 2.67. The zero-order valence-corrected chi connectivity index (χ0v) is 29.1. The highest BCUT2D eigenvalue weighted by Crippen LogP contribution is 2.69. The van der Waals surface area contributed by atoms with Gasteiger partial charge in [-0.3, -0.25) is 23.7 Å². The van der Waals surface area contributed by atoms with Gasteiger partial charge in [0.15, 0.2) is 6.10 Å². The molecule has 0 spiro atoms. The molecule has 0 bridgehead atoms. The minimum Gasteiger partial charge on any atom is -0.463 e. The number of hydrogen-bond donors (Lipinski definition) is 1. The third kappa shape index (κ3) is 7.19. The van der Waals surface area contributed by atoms with Crippen LogP contribution in [0.2, 0.25) is 0 Å². The van der Waals surface area contributed by atoms with Crippen molar-refractivity contribution in [1.29, 1.82) is 0 Å². The van der Waals surface area contributed by atoms with Gasteiger partial charge >= 0.3 is 39.2 Å². The van der Waals surface area contributed by atoms with Crippen LogP contribution in [0.5, 0.6) is 0 Å². The predicted octanol–water partition coefficient (Wildman–Crippen LogP) is 5.49. The predicted molar refractivity (Wildman–Crippen MR) is 163 cm³/mol. The first-order valence-electron chi connectivity index (χ1n) is 16.7. The van der Waals surface area contributed by atoms with E-state index in [1.54, 1.807) is 0 Å². The van der Waals surface area contributed by atoms with Crippen LogP contribution >= 0.6 is 0 Å². The summed E-state index contributed by atoms with van der Waals surface area (Å²) in [6.45, 7) is 11.2. The van der Waals surface area contributed by atoms with Gasteiger partial charge in [-0.25, -0.2) is 0 Å². The van der Waals surface area contributed by atoms with Crippen LogP contribution < -0.4 is 0 Å². The Balaban J connectivity index is 1.59. The van der Waals surface area contributed by atoms with Crippen molar-refractivity contribution in [3.05, 3.63) is 0 Å². The van der Waals surface area contributed by atoms with E-state index in [-0.39, 0.29) is 77.9 Å². The summed E-state index contributed by atoms with van der Waals surface area (Å²) in [7, 11) is -5.77. The molecular formula is C33H50F2O11S. The molecule has 4 aliphatic carbocycles. The Morgan fingerprint density at radius 3 is 2.09 bits per heavy atom. The summed E-state index contributed by atoms with van der Waals surface area (Å²) in [5.41, 5.74) is -0.704. The fourth-order valence-electron chi connectivity index (χ4n) is 10.2. The molecule has 4 aliphatic rings. The van der Waals surface area contributed by atoms with Gasteiger partial charge in [0.1, 0.15) is 18.3 Å². The monoisotopic (exact) mass is 692 g/mol. The van der Waals surface area contributed by atoms with Gasteiger partial charge in [0.25, 0.3) is 0 Å². The summed E-state index contributed by atoms with van der Waals surface area (Å²) in [6.07, 6.45) is 1.52. The summed E-state index contributed by atoms with van der Waals surface area (Å²) in [5.74, 6) is -2.07. The Morgan fingerprint density at radius 1 is 0.894 bits per heavy atom. The third-order valence-corrected chi connectivity index (χ3v) is 13.3. The summed E-state index contributed by atoms with van der Waals surface area (Å²) in [5, 5.41) is -4.65. The van der Waals surface area contributed by atoms with Crippen LogP contribution in [0.4, 0.5) is 8.78 Å². The lowest BCUT2D eigenvalue weighted by Crippen LogP contribution is -2.63. The van der Waals surface area contributed by atoms with Crippen molar-refractivity contribution in [1.82, 2.24) is 0 Å². The number of rotatable bonds is 10. The van der Waals surface area contributed by atoms with Crippen molar-refractivity contribution >= 4 is 34.0 Å². The van der Waals surface area contributed by atoms with Crippen LogP contribution in [0.25, 0.3) is 0 Å².